The smallest absolute Gasteiger partial charge is 0.178 e. The fraction of sp³-hybridized carbons (Fsp3) is 0.429. The van der Waals surface area contributed by atoms with E-state index >= 15 is 0 Å². The first-order valence-electron chi connectivity index (χ1n) is 12.2. The van der Waals surface area contributed by atoms with Crippen LogP contribution in [0.3, 0.4) is 0 Å². The Morgan fingerprint density at radius 2 is 1.69 bits per heavy atom. The molecule has 0 aliphatic heterocycles. The van der Waals surface area contributed by atoms with Crippen LogP contribution in [0.1, 0.15) is 56.3 Å². The van der Waals surface area contributed by atoms with Gasteiger partial charge in [0.2, 0.25) is 0 Å². The molecule has 1 fully saturated rings. The van der Waals surface area contributed by atoms with E-state index in [1.807, 2.05) is 37.6 Å². The quantitative estimate of drug-likeness (QED) is 0.391. The van der Waals surface area contributed by atoms with Crippen LogP contribution < -0.4 is 0 Å². The predicted molar refractivity (Wildman–Crippen MR) is 135 cm³/mol. The minimum atomic E-state index is -3.40. The number of carbonyl (C=O) groups excluding carboxylic acids is 1. The maximum absolute atomic E-state index is 13.2. The molecule has 0 radical (unpaired) electrons. The highest BCUT2D eigenvalue weighted by atomic mass is 32.2. The first-order chi connectivity index (χ1) is 16.6. The maximum Gasteiger partial charge on any atom is 0.178 e. The number of hydrogen-bond donors (Lipinski definition) is 0. The normalized spacial score (nSPS) is 19.4. The summed E-state index contributed by atoms with van der Waals surface area (Å²) in [5.41, 5.74) is 2.84. The molecule has 7 heteroatoms. The number of rotatable bonds is 8. The Morgan fingerprint density at radius 1 is 1.06 bits per heavy atom. The fourth-order valence-corrected chi connectivity index (χ4v) is 6.74. The lowest BCUT2D eigenvalue weighted by molar-refractivity contribution is -0.124. The number of sulfone groups is 1. The SMILES string of the molecule is Cc1ncc(-c2ccc(S(=O)(=O)CC3CCC(C(=O)C[C@H](C)c4ccc(F)cc4)CC3)cc2)n1C. The second-order valence-electron chi connectivity index (χ2n) is 9.90. The van der Waals surface area contributed by atoms with E-state index in [0.29, 0.717) is 11.3 Å². The van der Waals surface area contributed by atoms with Crippen molar-refractivity contribution in [3.8, 4) is 11.3 Å². The topological polar surface area (TPSA) is 69.0 Å². The number of ketones is 1. The number of halogens is 1. The van der Waals surface area contributed by atoms with Gasteiger partial charge in [-0.25, -0.2) is 17.8 Å². The van der Waals surface area contributed by atoms with E-state index < -0.39 is 9.84 Å². The van der Waals surface area contributed by atoms with Crippen molar-refractivity contribution in [2.24, 2.45) is 18.9 Å². The molecule has 0 unspecified atom stereocenters. The van der Waals surface area contributed by atoms with Gasteiger partial charge in [-0.2, -0.15) is 0 Å². The molecule has 0 saturated heterocycles. The lowest BCUT2D eigenvalue weighted by atomic mass is 9.78. The van der Waals surface area contributed by atoms with Crippen molar-refractivity contribution in [1.82, 2.24) is 9.55 Å². The number of aryl methyl sites for hydroxylation is 1. The first-order valence-corrected chi connectivity index (χ1v) is 13.9. The third-order valence-corrected chi connectivity index (χ3v) is 9.33. The lowest BCUT2D eigenvalue weighted by Gasteiger charge is -2.28. The first kappa shape index (κ1) is 25.3. The van der Waals surface area contributed by atoms with Crippen LogP contribution >= 0.6 is 0 Å². The third-order valence-electron chi connectivity index (χ3n) is 7.43. The molecule has 35 heavy (non-hydrogen) atoms. The van der Waals surface area contributed by atoms with Crippen LogP contribution in [0.4, 0.5) is 4.39 Å². The van der Waals surface area contributed by atoms with Gasteiger partial charge < -0.3 is 4.57 Å². The minimum Gasteiger partial charge on any atom is -0.331 e. The molecule has 1 aromatic heterocycles. The molecule has 0 amide bonds. The van der Waals surface area contributed by atoms with Crippen LogP contribution in [0.5, 0.6) is 0 Å². The second-order valence-corrected chi connectivity index (χ2v) is 11.9. The summed E-state index contributed by atoms with van der Waals surface area (Å²) in [5.74, 6) is 1.06. The van der Waals surface area contributed by atoms with Crippen LogP contribution in [0.15, 0.2) is 59.6 Å². The number of Topliss-reactive ketones (excluding diaryl/α,β-unsaturated/α-hetero) is 1. The Morgan fingerprint density at radius 3 is 2.26 bits per heavy atom. The van der Waals surface area contributed by atoms with Crippen molar-refractivity contribution >= 4 is 15.6 Å². The zero-order valence-electron chi connectivity index (χ0n) is 20.6. The number of hydrogen-bond acceptors (Lipinski definition) is 4. The number of carbonyl (C=O) groups is 1. The highest BCUT2D eigenvalue weighted by molar-refractivity contribution is 7.91. The number of aromatic nitrogens is 2. The molecule has 3 aromatic rings. The summed E-state index contributed by atoms with van der Waals surface area (Å²) in [7, 11) is -1.46. The van der Waals surface area contributed by atoms with Crippen LogP contribution in [-0.2, 0) is 21.7 Å². The molecule has 4 rings (SSSR count). The number of nitrogens with zero attached hydrogens (tertiary/aromatic N) is 2. The molecular formula is C28H33FN2O3S. The average molecular weight is 497 g/mol. The maximum atomic E-state index is 13.2. The summed E-state index contributed by atoms with van der Waals surface area (Å²) >= 11 is 0. The molecule has 2 aromatic carbocycles. The fourth-order valence-electron chi connectivity index (χ4n) is 5.04. The molecule has 0 N–H and O–H groups in total. The lowest BCUT2D eigenvalue weighted by Crippen LogP contribution is -2.26. The van der Waals surface area contributed by atoms with Crippen LogP contribution in [-0.4, -0.2) is 29.5 Å². The van der Waals surface area contributed by atoms with Gasteiger partial charge in [-0.3, -0.25) is 4.79 Å². The minimum absolute atomic E-state index is 0.0153. The third kappa shape index (κ3) is 5.89. The van der Waals surface area contributed by atoms with Crippen LogP contribution in [0.2, 0.25) is 0 Å². The summed E-state index contributed by atoms with van der Waals surface area (Å²) < 4.78 is 41.2. The van der Waals surface area contributed by atoms with Crippen molar-refractivity contribution in [1.29, 1.82) is 0 Å². The second kappa shape index (κ2) is 10.4. The van der Waals surface area contributed by atoms with Gasteiger partial charge in [0.1, 0.15) is 17.4 Å². The summed E-state index contributed by atoms with van der Waals surface area (Å²) in [6.45, 7) is 3.92. The van der Waals surface area contributed by atoms with Gasteiger partial charge in [-0.05, 0) is 79.8 Å². The van der Waals surface area contributed by atoms with Gasteiger partial charge in [-0.15, -0.1) is 0 Å². The van der Waals surface area contributed by atoms with Crippen molar-refractivity contribution in [2.45, 2.75) is 56.8 Å². The van der Waals surface area contributed by atoms with Crippen molar-refractivity contribution in [2.75, 3.05) is 5.75 Å². The molecule has 5 nitrogen and oxygen atoms in total. The van der Waals surface area contributed by atoms with E-state index in [9.17, 15) is 17.6 Å². The van der Waals surface area contributed by atoms with Crippen molar-refractivity contribution in [3.05, 3.63) is 71.9 Å². The standard InChI is InChI=1S/C28H33FN2O3S/c1-19(22-8-12-25(29)13-9-22)16-28(32)24-6-4-21(5-7-24)18-35(33,34)26-14-10-23(11-15-26)27-17-30-20(2)31(27)3/h8-15,17,19,21,24H,4-7,16,18H2,1-3H3/t19-,21?,24?/m0/s1. The molecule has 1 aliphatic carbocycles. The van der Waals surface area contributed by atoms with Crippen molar-refractivity contribution < 1.29 is 17.6 Å². The predicted octanol–water partition coefficient (Wildman–Crippen LogP) is 5.88. The summed E-state index contributed by atoms with van der Waals surface area (Å²) in [5, 5.41) is 0. The Labute approximate surface area is 207 Å². The monoisotopic (exact) mass is 496 g/mol. The number of benzene rings is 2. The van der Waals surface area contributed by atoms with E-state index in [1.165, 1.54) is 12.1 Å². The van der Waals surface area contributed by atoms with Gasteiger partial charge in [0.25, 0.3) is 0 Å². The van der Waals surface area contributed by atoms with Gasteiger partial charge in [0.15, 0.2) is 9.84 Å². The largest absolute Gasteiger partial charge is 0.331 e. The highest BCUT2D eigenvalue weighted by Gasteiger charge is 2.30. The molecule has 1 saturated carbocycles. The molecular weight excluding hydrogens is 463 g/mol. The van der Waals surface area contributed by atoms with E-state index in [-0.39, 0.29) is 35.1 Å². The zero-order valence-corrected chi connectivity index (χ0v) is 21.4. The average Bonchev–Trinajstić information content (AvgIpc) is 3.17. The molecule has 1 heterocycles. The van der Waals surface area contributed by atoms with E-state index in [2.05, 4.69) is 4.98 Å². The molecule has 1 atom stereocenters. The van der Waals surface area contributed by atoms with Crippen molar-refractivity contribution in [3.63, 3.8) is 0 Å². The Balaban J connectivity index is 1.31. The summed E-state index contributed by atoms with van der Waals surface area (Å²) in [6, 6.07) is 13.4. The Hall–Kier alpha value is -2.80. The Kier molecular flexibility index (Phi) is 7.55. The van der Waals surface area contributed by atoms with E-state index in [0.717, 1.165) is 48.3 Å². The summed E-state index contributed by atoms with van der Waals surface area (Å²) in [6.07, 6.45) is 5.17. The van der Waals surface area contributed by atoms with E-state index in [4.69, 9.17) is 0 Å². The van der Waals surface area contributed by atoms with Crippen LogP contribution in [0, 0.1) is 24.6 Å². The number of imidazole rings is 1. The summed E-state index contributed by atoms with van der Waals surface area (Å²) in [4.78, 5) is 17.5. The van der Waals surface area contributed by atoms with Gasteiger partial charge in [-0.1, -0.05) is 31.2 Å². The van der Waals surface area contributed by atoms with Gasteiger partial charge in [0, 0.05) is 19.4 Å². The Bertz CT molecular complexity index is 1270. The molecule has 1 aliphatic rings. The molecule has 0 spiro atoms. The van der Waals surface area contributed by atoms with Gasteiger partial charge >= 0.3 is 0 Å². The van der Waals surface area contributed by atoms with E-state index in [1.54, 1.807) is 30.5 Å². The zero-order chi connectivity index (χ0) is 25.2. The van der Waals surface area contributed by atoms with Gasteiger partial charge in [0.05, 0.1) is 22.5 Å². The van der Waals surface area contributed by atoms with Crippen LogP contribution in [0.25, 0.3) is 11.3 Å². The molecule has 0 bridgehead atoms. The molecule has 186 valence electrons. The highest BCUT2D eigenvalue weighted by Crippen LogP contribution is 2.34.